The van der Waals surface area contributed by atoms with Crippen molar-refractivity contribution in [1.29, 1.82) is 0 Å². The number of pyridine rings is 1. The molecule has 0 aliphatic carbocycles. The number of carbonyl (C=O) groups is 1. The lowest BCUT2D eigenvalue weighted by Gasteiger charge is -2.21. The van der Waals surface area contributed by atoms with Crippen LogP contribution in [-0.4, -0.2) is 17.1 Å². The molecule has 1 heterocycles. The maximum Gasteiger partial charge on any atom is 0.396 e. The molecule has 122 valence electrons. The third kappa shape index (κ3) is 4.81. The Morgan fingerprint density at radius 1 is 1.13 bits per heavy atom. The largest absolute Gasteiger partial charge is 0.396 e. The van der Waals surface area contributed by atoms with Crippen LogP contribution in [0.3, 0.4) is 0 Å². The van der Waals surface area contributed by atoms with Crippen molar-refractivity contribution in [3.8, 4) is 0 Å². The third-order valence-electron chi connectivity index (χ3n) is 3.50. The number of nitrogens with one attached hydrogen (secondary N) is 1. The summed E-state index contributed by atoms with van der Waals surface area (Å²) in [7, 11) is 0. The van der Waals surface area contributed by atoms with Gasteiger partial charge in [0.2, 0.25) is 5.91 Å². The normalized spacial score (nSPS) is 14.1. The average molecular weight is 322 g/mol. The molecule has 1 amide bonds. The molecule has 0 radical (unpaired) electrons. The third-order valence-corrected chi connectivity index (χ3v) is 3.50. The number of rotatable bonds is 5. The molecule has 6 heteroatoms. The van der Waals surface area contributed by atoms with E-state index in [0.29, 0.717) is 5.69 Å². The van der Waals surface area contributed by atoms with Crippen LogP contribution in [0, 0.1) is 0 Å². The monoisotopic (exact) mass is 322 g/mol. The van der Waals surface area contributed by atoms with E-state index < -0.39 is 30.5 Å². The summed E-state index contributed by atoms with van der Waals surface area (Å²) in [5, 5.41) is 2.57. The molecule has 0 aliphatic heterocycles. The number of aromatic nitrogens is 1. The highest BCUT2D eigenvalue weighted by atomic mass is 19.4. The summed E-state index contributed by atoms with van der Waals surface area (Å²) in [5.74, 6) is -2.48. The van der Waals surface area contributed by atoms with Crippen molar-refractivity contribution in [3.05, 3.63) is 66.0 Å². The van der Waals surface area contributed by atoms with Crippen LogP contribution in [0.15, 0.2) is 54.7 Å². The van der Waals surface area contributed by atoms with Gasteiger partial charge >= 0.3 is 6.18 Å². The van der Waals surface area contributed by atoms with Gasteiger partial charge in [0.1, 0.15) is 0 Å². The molecular weight excluding hydrogens is 305 g/mol. The van der Waals surface area contributed by atoms with Crippen LogP contribution in [0.5, 0.6) is 0 Å². The Balaban J connectivity index is 2.07. The second-order valence-corrected chi connectivity index (χ2v) is 5.25. The van der Waals surface area contributed by atoms with Crippen molar-refractivity contribution in [3.63, 3.8) is 0 Å². The van der Waals surface area contributed by atoms with Crippen molar-refractivity contribution in [2.75, 3.05) is 0 Å². The highest BCUT2D eigenvalue weighted by molar-refractivity contribution is 5.77. The van der Waals surface area contributed by atoms with Crippen LogP contribution in [-0.2, 0) is 4.79 Å². The quantitative estimate of drug-likeness (QED) is 0.904. The van der Waals surface area contributed by atoms with E-state index in [1.807, 2.05) is 0 Å². The average Bonchev–Trinajstić information content (AvgIpc) is 2.53. The molecule has 0 aliphatic rings. The number of amides is 1. The molecule has 1 aromatic carbocycles. The minimum absolute atomic E-state index is 0.0839. The van der Waals surface area contributed by atoms with Gasteiger partial charge in [-0.05, 0) is 24.6 Å². The van der Waals surface area contributed by atoms with Crippen LogP contribution < -0.4 is 5.32 Å². The molecule has 0 saturated heterocycles. The highest BCUT2D eigenvalue weighted by Crippen LogP contribution is 2.37. The van der Waals surface area contributed by atoms with Gasteiger partial charge in [-0.1, -0.05) is 36.4 Å². The summed E-state index contributed by atoms with van der Waals surface area (Å²) in [5.41, 5.74) is 0.685. The molecular formula is C17H17F3N2O. The van der Waals surface area contributed by atoms with Crippen LogP contribution in [0.25, 0.3) is 0 Å². The predicted octanol–water partition coefficient (Wildman–Crippen LogP) is 4.00. The lowest BCUT2D eigenvalue weighted by atomic mass is 9.94. The van der Waals surface area contributed by atoms with Gasteiger partial charge in [-0.25, -0.2) is 0 Å². The Kier molecular flexibility index (Phi) is 5.36. The van der Waals surface area contributed by atoms with Gasteiger partial charge in [0.25, 0.3) is 0 Å². The van der Waals surface area contributed by atoms with Gasteiger partial charge in [0.15, 0.2) is 0 Å². The minimum atomic E-state index is -4.48. The van der Waals surface area contributed by atoms with Crippen LogP contribution in [0.2, 0.25) is 0 Å². The first-order chi connectivity index (χ1) is 10.9. The molecule has 2 aromatic rings. The molecule has 2 rings (SSSR count). The van der Waals surface area contributed by atoms with E-state index in [2.05, 4.69) is 10.3 Å². The Hall–Kier alpha value is -2.37. The minimum Gasteiger partial charge on any atom is -0.348 e. The van der Waals surface area contributed by atoms with Crippen molar-refractivity contribution in [2.24, 2.45) is 0 Å². The number of alkyl halides is 3. The molecule has 23 heavy (non-hydrogen) atoms. The fourth-order valence-corrected chi connectivity index (χ4v) is 2.30. The number of halogens is 3. The number of benzene rings is 1. The standard InChI is InChI=1S/C17H17F3N2O/c1-12(15-9-5-6-10-21-15)22-16(23)11-14(17(18,19)20)13-7-3-2-4-8-13/h2-10,12,14H,11H2,1H3,(H,22,23)/t12-,14+/m1/s1. The Bertz CT molecular complexity index is 629. The first kappa shape index (κ1) is 17.0. The van der Waals surface area contributed by atoms with Crippen LogP contribution in [0.1, 0.15) is 36.6 Å². The number of hydrogen-bond donors (Lipinski definition) is 1. The highest BCUT2D eigenvalue weighted by Gasteiger charge is 2.41. The van der Waals surface area contributed by atoms with Crippen molar-refractivity contribution in [2.45, 2.75) is 31.5 Å². The van der Waals surface area contributed by atoms with E-state index in [9.17, 15) is 18.0 Å². The summed E-state index contributed by atoms with van der Waals surface area (Å²) < 4.78 is 39.7. The topological polar surface area (TPSA) is 42.0 Å². The summed E-state index contributed by atoms with van der Waals surface area (Å²) in [4.78, 5) is 16.1. The molecule has 0 saturated carbocycles. The summed E-state index contributed by atoms with van der Waals surface area (Å²) >= 11 is 0. The van der Waals surface area contributed by atoms with Gasteiger partial charge in [-0.2, -0.15) is 13.2 Å². The van der Waals surface area contributed by atoms with Gasteiger partial charge in [0, 0.05) is 12.6 Å². The summed E-state index contributed by atoms with van der Waals surface area (Å²) in [6, 6.07) is 12.2. The fourth-order valence-electron chi connectivity index (χ4n) is 2.30. The maximum absolute atomic E-state index is 13.2. The van der Waals surface area contributed by atoms with Crippen LogP contribution >= 0.6 is 0 Å². The zero-order valence-corrected chi connectivity index (χ0v) is 12.5. The fraction of sp³-hybridized carbons (Fsp3) is 0.294. The molecule has 0 bridgehead atoms. The van der Waals surface area contributed by atoms with Crippen LogP contribution in [0.4, 0.5) is 13.2 Å². The van der Waals surface area contributed by atoms with Crippen molar-refractivity contribution in [1.82, 2.24) is 10.3 Å². The van der Waals surface area contributed by atoms with E-state index in [1.54, 1.807) is 37.4 Å². The number of hydrogen-bond acceptors (Lipinski definition) is 2. The van der Waals surface area contributed by atoms with Gasteiger partial charge in [0.05, 0.1) is 17.7 Å². The van der Waals surface area contributed by atoms with Gasteiger partial charge in [-0.3, -0.25) is 9.78 Å². The Morgan fingerprint density at radius 3 is 2.35 bits per heavy atom. The molecule has 2 atom stereocenters. The molecule has 0 unspecified atom stereocenters. The molecule has 1 N–H and O–H groups in total. The summed E-state index contributed by atoms with van der Waals surface area (Å²) in [6.45, 7) is 1.69. The molecule has 0 fully saturated rings. The molecule has 1 aromatic heterocycles. The predicted molar refractivity (Wildman–Crippen MR) is 80.6 cm³/mol. The second kappa shape index (κ2) is 7.26. The van der Waals surface area contributed by atoms with Gasteiger partial charge in [-0.15, -0.1) is 0 Å². The van der Waals surface area contributed by atoms with E-state index >= 15 is 0 Å². The van der Waals surface area contributed by atoms with E-state index in [-0.39, 0.29) is 5.56 Å². The Labute approximate surface area is 132 Å². The van der Waals surface area contributed by atoms with E-state index in [1.165, 1.54) is 24.3 Å². The molecule has 0 spiro atoms. The number of carbonyl (C=O) groups excluding carboxylic acids is 1. The zero-order chi connectivity index (χ0) is 16.9. The number of nitrogens with zero attached hydrogens (tertiary/aromatic N) is 1. The first-order valence-electron chi connectivity index (χ1n) is 7.20. The van der Waals surface area contributed by atoms with E-state index in [0.717, 1.165) is 0 Å². The second-order valence-electron chi connectivity index (χ2n) is 5.25. The zero-order valence-electron chi connectivity index (χ0n) is 12.5. The van der Waals surface area contributed by atoms with Crippen molar-refractivity contribution >= 4 is 5.91 Å². The maximum atomic E-state index is 13.2. The van der Waals surface area contributed by atoms with E-state index in [4.69, 9.17) is 0 Å². The summed E-state index contributed by atoms with van der Waals surface area (Å²) in [6.07, 6.45) is -3.56. The lowest BCUT2D eigenvalue weighted by molar-refractivity contribution is -0.157. The van der Waals surface area contributed by atoms with Crippen molar-refractivity contribution < 1.29 is 18.0 Å². The smallest absolute Gasteiger partial charge is 0.348 e. The van der Waals surface area contributed by atoms with Gasteiger partial charge < -0.3 is 5.32 Å². The first-order valence-corrected chi connectivity index (χ1v) is 7.20. The lowest BCUT2D eigenvalue weighted by Crippen LogP contribution is -2.32. The SMILES string of the molecule is C[C@@H](NC(=O)C[C@@H](c1ccccc1)C(F)(F)F)c1ccccn1. The molecule has 3 nitrogen and oxygen atoms in total. The Morgan fingerprint density at radius 2 is 1.78 bits per heavy atom.